The average molecular weight is 380 g/mol. The molecule has 1 heterocycles. The first kappa shape index (κ1) is 19.7. The van der Waals surface area contributed by atoms with Gasteiger partial charge in [0.25, 0.3) is 0 Å². The van der Waals surface area contributed by atoms with Crippen molar-refractivity contribution in [3.63, 3.8) is 0 Å². The molecule has 6 nitrogen and oxygen atoms in total. The summed E-state index contributed by atoms with van der Waals surface area (Å²) < 4.78 is 3.43. The third-order valence-electron chi connectivity index (χ3n) is 5.22. The van der Waals surface area contributed by atoms with Crippen LogP contribution in [-0.4, -0.2) is 34.7 Å². The number of nitrogens with zero attached hydrogens (tertiary/aromatic N) is 3. The lowest BCUT2D eigenvalue weighted by atomic mass is 10.2. The fourth-order valence-electron chi connectivity index (χ4n) is 3.41. The average Bonchev–Trinajstić information content (AvgIpc) is 3.01. The second kappa shape index (κ2) is 8.78. The Labute approximate surface area is 165 Å². The van der Waals surface area contributed by atoms with E-state index >= 15 is 0 Å². The Morgan fingerprint density at radius 1 is 1.04 bits per heavy atom. The van der Waals surface area contributed by atoms with Crippen LogP contribution in [0.25, 0.3) is 11.0 Å². The van der Waals surface area contributed by atoms with Crippen LogP contribution in [0.4, 0.5) is 5.69 Å². The van der Waals surface area contributed by atoms with Gasteiger partial charge in [-0.1, -0.05) is 30.3 Å². The summed E-state index contributed by atoms with van der Waals surface area (Å²) in [7, 11) is 2.02. The summed E-state index contributed by atoms with van der Waals surface area (Å²) >= 11 is 0. The molecule has 3 aromatic rings. The van der Waals surface area contributed by atoms with E-state index in [1.54, 1.807) is 9.13 Å². The van der Waals surface area contributed by atoms with Crippen LogP contribution in [-0.2, 0) is 17.9 Å². The molecule has 2 aromatic carbocycles. The molecule has 148 valence electrons. The van der Waals surface area contributed by atoms with Gasteiger partial charge in [-0.05, 0) is 38.1 Å². The third-order valence-corrected chi connectivity index (χ3v) is 5.22. The maximum atomic E-state index is 12.6. The van der Waals surface area contributed by atoms with Gasteiger partial charge in [0.1, 0.15) is 0 Å². The fraction of sp³-hybridized carbons (Fsp3) is 0.364. The molecule has 28 heavy (non-hydrogen) atoms. The zero-order valence-electron chi connectivity index (χ0n) is 16.8. The molecule has 1 aromatic heterocycles. The molecule has 1 unspecified atom stereocenters. The van der Waals surface area contributed by atoms with Crippen molar-refractivity contribution in [3.05, 3.63) is 65.1 Å². The number of carbonyl (C=O) groups is 1. The van der Waals surface area contributed by atoms with Gasteiger partial charge in [0.05, 0.1) is 11.0 Å². The number of fused-ring (bicyclic) bond motifs is 1. The highest BCUT2D eigenvalue weighted by Gasteiger charge is 2.14. The number of benzene rings is 2. The fourth-order valence-corrected chi connectivity index (χ4v) is 3.41. The van der Waals surface area contributed by atoms with E-state index in [0.717, 1.165) is 16.7 Å². The van der Waals surface area contributed by atoms with Crippen LogP contribution in [0.3, 0.4) is 0 Å². The summed E-state index contributed by atoms with van der Waals surface area (Å²) in [6, 6.07) is 18.0. The molecule has 0 aliphatic carbocycles. The van der Waals surface area contributed by atoms with Gasteiger partial charge in [0, 0.05) is 44.8 Å². The topological polar surface area (TPSA) is 59.3 Å². The summed E-state index contributed by atoms with van der Waals surface area (Å²) in [6.45, 7) is 5.57. The van der Waals surface area contributed by atoms with Crippen LogP contribution in [0.1, 0.15) is 20.3 Å². The smallest absolute Gasteiger partial charge is 0.329 e. The van der Waals surface area contributed by atoms with E-state index in [9.17, 15) is 9.59 Å². The Morgan fingerprint density at radius 2 is 1.64 bits per heavy atom. The summed E-state index contributed by atoms with van der Waals surface area (Å²) in [4.78, 5) is 27.1. The highest BCUT2D eigenvalue weighted by molar-refractivity contribution is 5.78. The second-order valence-electron chi connectivity index (χ2n) is 7.02. The van der Waals surface area contributed by atoms with Crippen LogP contribution in [0.15, 0.2) is 59.4 Å². The van der Waals surface area contributed by atoms with Gasteiger partial charge in [-0.15, -0.1) is 0 Å². The van der Waals surface area contributed by atoms with E-state index in [1.807, 2.05) is 68.6 Å². The van der Waals surface area contributed by atoms with Crippen molar-refractivity contribution in [3.8, 4) is 0 Å². The Kier molecular flexibility index (Phi) is 6.19. The molecule has 1 atom stereocenters. The number of imidazole rings is 1. The Bertz CT molecular complexity index is 991. The van der Waals surface area contributed by atoms with Crippen molar-refractivity contribution in [1.29, 1.82) is 0 Å². The van der Waals surface area contributed by atoms with E-state index in [-0.39, 0.29) is 24.1 Å². The van der Waals surface area contributed by atoms with Crippen LogP contribution in [0.5, 0.6) is 0 Å². The van der Waals surface area contributed by atoms with Crippen molar-refractivity contribution >= 4 is 22.6 Å². The number of aromatic nitrogens is 2. The van der Waals surface area contributed by atoms with E-state index in [0.29, 0.717) is 19.6 Å². The first-order valence-corrected chi connectivity index (χ1v) is 9.75. The van der Waals surface area contributed by atoms with Crippen molar-refractivity contribution in [2.24, 2.45) is 0 Å². The molecule has 0 aliphatic rings. The molecule has 1 amide bonds. The normalized spacial score (nSPS) is 12.1. The van der Waals surface area contributed by atoms with Crippen LogP contribution in [0.2, 0.25) is 0 Å². The number of likely N-dealkylation sites (N-methyl/N-ethyl adjacent to an activating group) is 1. The molecule has 1 N–H and O–H groups in total. The first-order valence-electron chi connectivity index (χ1n) is 9.75. The van der Waals surface area contributed by atoms with E-state index in [2.05, 4.69) is 17.1 Å². The molecular weight excluding hydrogens is 352 g/mol. The number of nitrogens with one attached hydrogen (secondary N) is 1. The molecule has 0 spiro atoms. The minimum Gasteiger partial charge on any atom is -0.370 e. The third kappa shape index (κ3) is 4.11. The summed E-state index contributed by atoms with van der Waals surface area (Å²) in [5.74, 6) is -0.0476. The largest absolute Gasteiger partial charge is 0.370 e. The highest BCUT2D eigenvalue weighted by atomic mass is 16.2. The minimum atomic E-state index is -0.0614. The van der Waals surface area contributed by atoms with Gasteiger partial charge >= 0.3 is 5.69 Å². The number of para-hydroxylation sites is 3. The maximum Gasteiger partial charge on any atom is 0.329 e. The quantitative estimate of drug-likeness (QED) is 0.654. The van der Waals surface area contributed by atoms with Gasteiger partial charge < -0.3 is 10.2 Å². The van der Waals surface area contributed by atoms with Crippen LogP contribution >= 0.6 is 0 Å². The first-order chi connectivity index (χ1) is 13.5. The van der Waals surface area contributed by atoms with E-state index < -0.39 is 0 Å². The Hall–Kier alpha value is -3.02. The molecule has 3 rings (SSSR count). The number of amides is 1. The summed E-state index contributed by atoms with van der Waals surface area (Å²) in [5, 5.41) is 2.99. The number of rotatable bonds is 8. The molecule has 0 saturated carbocycles. The predicted octanol–water partition coefficient (Wildman–Crippen LogP) is 2.85. The standard InChI is InChI=1S/C22H28N4O2/c1-4-25-19-12-8-9-13-20(19)26(22(25)28)15-14-21(27)23-16-17(2)24(3)18-10-6-5-7-11-18/h5-13,17H,4,14-16H2,1-3H3,(H,23,27). The molecule has 0 radical (unpaired) electrons. The van der Waals surface area contributed by atoms with Crippen molar-refractivity contribution in [1.82, 2.24) is 14.5 Å². The monoisotopic (exact) mass is 380 g/mol. The molecular formula is C22H28N4O2. The zero-order chi connectivity index (χ0) is 20.1. The number of hydrogen-bond donors (Lipinski definition) is 1. The number of hydrogen-bond acceptors (Lipinski definition) is 3. The predicted molar refractivity (Wildman–Crippen MR) is 114 cm³/mol. The van der Waals surface area contributed by atoms with Gasteiger partial charge in [-0.2, -0.15) is 0 Å². The number of aryl methyl sites for hydroxylation is 2. The van der Waals surface area contributed by atoms with Gasteiger partial charge in [0.15, 0.2) is 0 Å². The van der Waals surface area contributed by atoms with Crippen molar-refractivity contribution < 1.29 is 4.79 Å². The van der Waals surface area contributed by atoms with Crippen molar-refractivity contribution in [2.75, 3.05) is 18.5 Å². The second-order valence-corrected chi connectivity index (χ2v) is 7.02. The summed E-state index contributed by atoms with van der Waals surface area (Å²) in [6.07, 6.45) is 0.277. The lowest BCUT2D eigenvalue weighted by Gasteiger charge is -2.27. The Morgan fingerprint density at radius 3 is 2.29 bits per heavy atom. The lowest BCUT2D eigenvalue weighted by Crippen LogP contribution is -2.40. The lowest BCUT2D eigenvalue weighted by molar-refractivity contribution is -0.121. The molecule has 0 aliphatic heterocycles. The van der Waals surface area contributed by atoms with E-state index in [4.69, 9.17) is 0 Å². The van der Waals surface area contributed by atoms with Gasteiger partial charge in [-0.3, -0.25) is 13.9 Å². The maximum absolute atomic E-state index is 12.6. The SMILES string of the molecule is CCn1c(=O)n(CCC(=O)NCC(C)N(C)c2ccccc2)c2ccccc21. The molecule has 0 bridgehead atoms. The van der Waals surface area contributed by atoms with Gasteiger partial charge in [0.2, 0.25) is 5.91 Å². The van der Waals surface area contributed by atoms with Gasteiger partial charge in [-0.25, -0.2) is 4.79 Å². The molecule has 0 saturated heterocycles. The van der Waals surface area contributed by atoms with Crippen LogP contribution < -0.4 is 15.9 Å². The number of carbonyl (C=O) groups excluding carboxylic acids is 1. The molecule has 6 heteroatoms. The van der Waals surface area contributed by atoms with Crippen molar-refractivity contribution in [2.45, 2.75) is 39.4 Å². The number of anilines is 1. The zero-order valence-corrected chi connectivity index (χ0v) is 16.8. The minimum absolute atomic E-state index is 0.0476. The molecule has 0 fully saturated rings. The Balaban J connectivity index is 1.59. The van der Waals surface area contributed by atoms with Crippen LogP contribution in [0, 0.1) is 0 Å². The van der Waals surface area contributed by atoms with E-state index in [1.165, 1.54) is 0 Å². The summed E-state index contributed by atoms with van der Waals surface area (Å²) in [5.41, 5.74) is 2.84. The highest BCUT2D eigenvalue weighted by Crippen LogP contribution is 2.14.